The van der Waals surface area contributed by atoms with E-state index in [-0.39, 0.29) is 6.04 Å². The molecule has 1 rings (SSSR count). The Balaban J connectivity index is 2.71. The van der Waals surface area contributed by atoms with Crippen LogP contribution in [-0.2, 0) is 4.74 Å². The van der Waals surface area contributed by atoms with Gasteiger partial charge >= 0.3 is 0 Å². The molecule has 14 heavy (non-hydrogen) atoms. The lowest BCUT2D eigenvalue weighted by Gasteiger charge is -2.15. The molecule has 78 valence electrons. The topological polar surface area (TPSA) is 47.0 Å². The quantitative estimate of drug-likeness (QED) is 0.791. The van der Waals surface area contributed by atoms with Crippen LogP contribution in [0.15, 0.2) is 6.33 Å². The fraction of sp³-hybridized carbons (Fsp3) is 0.600. The van der Waals surface area contributed by atoms with Crippen molar-refractivity contribution in [3.05, 3.63) is 17.6 Å². The van der Waals surface area contributed by atoms with Crippen LogP contribution in [0.25, 0.3) is 0 Å². The maximum atomic E-state index is 5.04. The molecule has 0 bridgehead atoms. The van der Waals surface area contributed by atoms with Crippen LogP contribution in [0, 0.1) is 13.8 Å². The lowest BCUT2D eigenvalue weighted by Crippen LogP contribution is -2.22. The molecule has 0 aliphatic heterocycles. The second-order valence-electron chi connectivity index (χ2n) is 3.43. The van der Waals surface area contributed by atoms with Gasteiger partial charge in [-0.25, -0.2) is 9.97 Å². The van der Waals surface area contributed by atoms with Crippen molar-refractivity contribution in [2.45, 2.75) is 26.8 Å². The van der Waals surface area contributed by atoms with Gasteiger partial charge in [-0.2, -0.15) is 0 Å². The van der Waals surface area contributed by atoms with Gasteiger partial charge in [0.15, 0.2) is 0 Å². The van der Waals surface area contributed by atoms with Crippen molar-refractivity contribution in [2.24, 2.45) is 0 Å². The zero-order valence-corrected chi connectivity index (χ0v) is 9.16. The zero-order chi connectivity index (χ0) is 10.6. The van der Waals surface area contributed by atoms with E-state index in [2.05, 4.69) is 22.2 Å². The van der Waals surface area contributed by atoms with Crippen molar-refractivity contribution in [3.8, 4) is 0 Å². The van der Waals surface area contributed by atoms with Gasteiger partial charge in [0.2, 0.25) is 0 Å². The number of ether oxygens (including phenoxy) is 1. The lowest BCUT2D eigenvalue weighted by atomic mass is 10.2. The SMILES string of the molecule is COC[C@@H](C)Nc1ncnc(C)c1C. The van der Waals surface area contributed by atoms with E-state index in [0.717, 1.165) is 17.1 Å². The highest BCUT2D eigenvalue weighted by atomic mass is 16.5. The van der Waals surface area contributed by atoms with E-state index in [1.807, 2.05) is 13.8 Å². The molecule has 0 aliphatic carbocycles. The predicted molar refractivity (Wildman–Crippen MR) is 56.5 cm³/mol. The molecular weight excluding hydrogens is 178 g/mol. The molecule has 0 aromatic carbocycles. The third-order valence-electron chi connectivity index (χ3n) is 2.14. The molecule has 0 fully saturated rings. The first-order valence-corrected chi connectivity index (χ1v) is 4.68. The monoisotopic (exact) mass is 195 g/mol. The average molecular weight is 195 g/mol. The summed E-state index contributed by atoms with van der Waals surface area (Å²) >= 11 is 0. The van der Waals surface area contributed by atoms with E-state index in [4.69, 9.17) is 4.74 Å². The smallest absolute Gasteiger partial charge is 0.132 e. The van der Waals surface area contributed by atoms with Crippen LogP contribution in [0.5, 0.6) is 0 Å². The highest BCUT2D eigenvalue weighted by Gasteiger charge is 2.06. The number of methoxy groups -OCH3 is 1. The fourth-order valence-corrected chi connectivity index (χ4v) is 1.21. The Morgan fingerprint density at radius 2 is 2.14 bits per heavy atom. The maximum Gasteiger partial charge on any atom is 0.132 e. The van der Waals surface area contributed by atoms with Crippen LogP contribution in [0.2, 0.25) is 0 Å². The molecule has 0 aliphatic rings. The highest BCUT2D eigenvalue weighted by molar-refractivity contribution is 5.45. The van der Waals surface area contributed by atoms with Crippen LogP contribution in [0.3, 0.4) is 0 Å². The number of hydrogen-bond acceptors (Lipinski definition) is 4. The zero-order valence-electron chi connectivity index (χ0n) is 9.16. The average Bonchev–Trinajstić information content (AvgIpc) is 2.13. The Bertz CT molecular complexity index is 301. The molecular formula is C10H17N3O. The summed E-state index contributed by atoms with van der Waals surface area (Å²) < 4.78 is 5.04. The van der Waals surface area contributed by atoms with Gasteiger partial charge in [0.1, 0.15) is 12.1 Å². The molecule has 0 unspecified atom stereocenters. The number of aromatic nitrogens is 2. The van der Waals surface area contributed by atoms with Crippen LogP contribution in [-0.4, -0.2) is 29.7 Å². The van der Waals surface area contributed by atoms with E-state index in [1.54, 1.807) is 13.4 Å². The Labute approximate surface area is 84.7 Å². The molecule has 0 saturated heterocycles. The minimum absolute atomic E-state index is 0.257. The Morgan fingerprint density at radius 3 is 2.79 bits per heavy atom. The molecule has 0 amide bonds. The largest absolute Gasteiger partial charge is 0.383 e. The van der Waals surface area contributed by atoms with Gasteiger partial charge in [-0.05, 0) is 20.8 Å². The van der Waals surface area contributed by atoms with Gasteiger partial charge in [-0.1, -0.05) is 0 Å². The van der Waals surface area contributed by atoms with E-state index in [9.17, 15) is 0 Å². The number of rotatable bonds is 4. The molecule has 1 atom stereocenters. The second kappa shape index (κ2) is 4.91. The fourth-order valence-electron chi connectivity index (χ4n) is 1.21. The van der Waals surface area contributed by atoms with E-state index < -0.39 is 0 Å². The van der Waals surface area contributed by atoms with E-state index in [1.165, 1.54) is 0 Å². The molecule has 4 nitrogen and oxygen atoms in total. The first-order chi connectivity index (χ1) is 6.65. The van der Waals surface area contributed by atoms with Crippen molar-refractivity contribution in [1.29, 1.82) is 0 Å². The standard InChI is InChI=1S/C10H17N3O/c1-7(5-14-4)13-10-8(2)9(3)11-6-12-10/h6-7H,5H2,1-4H3,(H,11,12,13)/t7-/m1/s1. The molecule has 4 heteroatoms. The summed E-state index contributed by atoms with van der Waals surface area (Å²) in [5.74, 6) is 0.891. The summed E-state index contributed by atoms with van der Waals surface area (Å²) in [4.78, 5) is 8.29. The third-order valence-corrected chi connectivity index (χ3v) is 2.14. The molecule has 0 radical (unpaired) electrons. The summed E-state index contributed by atoms with van der Waals surface area (Å²) in [5, 5.41) is 3.28. The first kappa shape index (κ1) is 10.9. The van der Waals surface area contributed by atoms with E-state index >= 15 is 0 Å². The van der Waals surface area contributed by atoms with Gasteiger partial charge in [0, 0.05) is 24.4 Å². The van der Waals surface area contributed by atoms with Crippen molar-refractivity contribution in [3.63, 3.8) is 0 Å². The van der Waals surface area contributed by atoms with Crippen LogP contribution in [0.1, 0.15) is 18.2 Å². The Hall–Kier alpha value is -1.16. The van der Waals surface area contributed by atoms with Crippen LogP contribution in [0.4, 0.5) is 5.82 Å². The van der Waals surface area contributed by atoms with Gasteiger partial charge in [-0.3, -0.25) is 0 Å². The minimum Gasteiger partial charge on any atom is -0.383 e. The van der Waals surface area contributed by atoms with Gasteiger partial charge in [0.05, 0.1) is 6.61 Å². The van der Waals surface area contributed by atoms with Gasteiger partial charge in [-0.15, -0.1) is 0 Å². The molecule has 1 aromatic rings. The molecule has 0 saturated carbocycles. The van der Waals surface area contributed by atoms with Crippen molar-refractivity contribution >= 4 is 5.82 Å². The number of anilines is 1. The first-order valence-electron chi connectivity index (χ1n) is 4.68. The molecule has 1 heterocycles. The summed E-state index contributed by atoms with van der Waals surface area (Å²) in [7, 11) is 1.69. The van der Waals surface area contributed by atoms with Gasteiger partial charge in [0.25, 0.3) is 0 Å². The second-order valence-corrected chi connectivity index (χ2v) is 3.43. The molecule has 0 spiro atoms. The number of hydrogen-bond donors (Lipinski definition) is 1. The number of nitrogens with one attached hydrogen (secondary N) is 1. The highest BCUT2D eigenvalue weighted by Crippen LogP contribution is 2.13. The van der Waals surface area contributed by atoms with Crippen LogP contribution >= 0.6 is 0 Å². The minimum atomic E-state index is 0.257. The van der Waals surface area contributed by atoms with E-state index in [0.29, 0.717) is 6.61 Å². The molecule has 1 aromatic heterocycles. The van der Waals surface area contributed by atoms with Crippen LogP contribution < -0.4 is 5.32 Å². The number of aryl methyl sites for hydroxylation is 1. The summed E-state index contributed by atoms with van der Waals surface area (Å²) in [6.07, 6.45) is 1.57. The predicted octanol–water partition coefficient (Wildman–Crippen LogP) is 1.54. The van der Waals surface area contributed by atoms with Crippen molar-refractivity contribution in [1.82, 2.24) is 9.97 Å². The number of nitrogens with zero attached hydrogens (tertiary/aromatic N) is 2. The lowest BCUT2D eigenvalue weighted by molar-refractivity contribution is 0.190. The summed E-state index contributed by atoms with van der Waals surface area (Å²) in [6.45, 7) is 6.71. The van der Waals surface area contributed by atoms with Crippen molar-refractivity contribution in [2.75, 3.05) is 19.0 Å². The maximum absolute atomic E-state index is 5.04. The van der Waals surface area contributed by atoms with Gasteiger partial charge < -0.3 is 10.1 Å². The Kier molecular flexibility index (Phi) is 3.83. The summed E-state index contributed by atoms with van der Waals surface area (Å²) in [6, 6.07) is 0.257. The van der Waals surface area contributed by atoms with Crippen molar-refractivity contribution < 1.29 is 4.74 Å². The molecule has 1 N–H and O–H groups in total. The normalized spacial score (nSPS) is 12.6. The summed E-state index contributed by atoms with van der Waals surface area (Å²) in [5.41, 5.74) is 2.10. The Morgan fingerprint density at radius 1 is 1.43 bits per heavy atom. The third kappa shape index (κ3) is 2.67.